The zero-order valence-corrected chi connectivity index (χ0v) is 8.92. The first kappa shape index (κ1) is 11.9. The van der Waals surface area contributed by atoms with Crippen LogP contribution in [0.15, 0.2) is 0 Å². The van der Waals surface area contributed by atoms with Crippen molar-refractivity contribution in [2.45, 2.75) is 26.0 Å². The van der Waals surface area contributed by atoms with Gasteiger partial charge in [-0.3, -0.25) is 0 Å². The van der Waals surface area contributed by atoms with E-state index in [4.69, 9.17) is 4.74 Å². The maximum atomic E-state index is 5.12. The number of rotatable bonds is 6. The van der Waals surface area contributed by atoms with Gasteiger partial charge in [0.2, 0.25) is 0 Å². The number of likely N-dealkylation sites (N-methyl/N-ethyl adjacent to an activating group) is 1. The molecule has 12 heavy (non-hydrogen) atoms. The van der Waals surface area contributed by atoms with Crippen molar-refractivity contribution in [3.05, 3.63) is 0 Å². The van der Waals surface area contributed by atoms with Crippen LogP contribution >= 0.6 is 0 Å². The molecule has 0 saturated heterocycles. The number of hydrogen-bond acceptors (Lipinski definition) is 3. The molecule has 0 aliphatic heterocycles. The first-order valence-electron chi connectivity index (χ1n) is 4.47. The molecule has 0 aromatic carbocycles. The van der Waals surface area contributed by atoms with Crippen molar-refractivity contribution >= 4 is 0 Å². The molecule has 3 heteroatoms. The Morgan fingerprint density at radius 2 is 1.83 bits per heavy atom. The molecule has 0 bridgehead atoms. The van der Waals surface area contributed by atoms with E-state index in [-0.39, 0.29) is 0 Å². The molecule has 2 atom stereocenters. The molecule has 0 rings (SSSR count). The van der Waals surface area contributed by atoms with Gasteiger partial charge in [-0.25, -0.2) is 0 Å². The third kappa shape index (κ3) is 5.52. The molecule has 0 aromatic heterocycles. The molecule has 0 aliphatic rings. The standard InChI is InChI=1S/C9H22N2O/c1-8(11(3)4)6-10-7-9(2)12-5/h8-10H,6-7H2,1-5H3. The molecular weight excluding hydrogens is 152 g/mol. The molecule has 0 saturated carbocycles. The van der Waals surface area contributed by atoms with Gasteiger partial charge < -0.3 is 15.0 Å². The molecule has 0 heterocycles. The topological polar surface area (TPSA) is 24.5 Å². The van der Waals surface area contributed by atoms with Crippen LogP contribution < -0.4 is 5.32 Å². The molecule has 2 unspecified atom stereocenters. The third-order valence-electron chi connectivity index (χ3n) is 2.16. The van der Waals surface area contributed by atoms with Gasteiger partial charge in [0.05, 0.1) is 6.10 Å². The van der Waals surface area contributed by atoms with E-state index in [1.54, 1.807) is 7.11 Å². The zero-order chi connectivity index (χ0) is 9.56. The number of nitrogens with one attached hydrogen (secondary N) is 1. The quantitative estimate of drug-likeness (QED) is 0.637. The molecule has 0 amide bonds. The van der Waals surface area contributed by atoms with Gasteiger partial charge in [0, 0.05) is 26.2 Å². The van der Waals surface area contributed by atoms with Crippen LogP contribution in [0.3, 0.4) is 0 Å². The van der Waals surface area contributed by atoms with Gasteiger partial charge in [-0.2, -0.15) is 0 Å². The Bertz CT molecular complexity index is 107. The number of nitrogens with zero attached hydrogens (tertiary/aromatic N) is 1. The van der Waals surface area contributed by atoms with Crippen molar-refractivity contribution < 1.29 is 4.74 Å². The van der Waals surface area contributed by atoms with Crippen LogP contribution in [0, 0.1) is 0 Å². The molecule has 0 aliphatic carbocycles. The summed E-state index contributed by atoms with van der Waals surface area (Å²) in [6, 6.07) is 0.578. The highest BCUT2D eigenvalue weighted by atomic mass is 16.5. The van der Waals surface area contributed by atoms with Crippen molar-refractivity contribution in [1.29, 1.82) is 0 Å². The van der Waals surface area contributed by atoms with Crippen LogP contribution in [0.5, 0.6) is 0 Å². The maximum Gasteiger partial charge on any atom is 0.0667 e. The lowest BCUT2D eigenvalue weighted by molar-refractivity contribution is 0.115. The number of ether oxygens (including phenoxy) is 1. The number of methoxy groups -OCH3 is 1. The predicted octanol–water partition coefficient (Wildman–Crippen LogP) is 0.561. The second-order valence-electron chi connectivity index (χ2n) is 3.52. The molecule has 0 spiro atoms. The van der Waals surface area contributed by atoms with Crippen molar-refractivity contribution in [3.8, 4) is 0 Å². The van der Waals surface area contributed by atoms with Crippen LogP contribution in [-0.4, -0.2) is 51.3 Å². The summed E-state index contributed by atoms with van der Waals surface area (Å²) < 4.78 is 5.12. The highest BCUT2D eigenvalue weighted by Gasteiger charge is 2.04. The van der Waals surface area contributed by atoms with Crippen molar-refractivity contribution in [3.63, 3.8) is 0 Å². The van der Waals surface area contributed by atoms with Crippen LogP contribution in [0.25, 0.3) is 0 Å². The normalized spacial score (nSPS) is 16.5. The van der Waals surface area contributed by atoms with Crippen LogP contribution in [0.2, 0.25) is 0 Å². The van der Waals surface area contributed by atoms with Crippen molar-refractivity contribution in [2.75, 3.05) is 34.3 Å². The Hall–Kier alpha value is -0.120. The molecule has 0 radical (unpaired) electrons. The second kappa shape index (κ2) is 6.40. The minimum absolute atomic E-state index is 0.305. The first-order valence-corrected chi connectivity index (χ1v) is 4.47. The van der Waals surface area contributed by atoms with E-state index in [1.165, 1.54) is 0 Å². The summed E-state index contributed by atoms with van der Waals surface area (Å²) in [5.74, 6) is 0. The Morgan fingerprint density at radius 3 is 2.25 bits per heavy atom. The van der Waals surface area contributed by atoms with Crippen LogP contribution in [0.4, 0.5) is 0 Å². The summed E-state index contributed by atoms with van der Waals surface area (Å²) >= 11 is 0. The van der Waals surface area contributed by atoms with E-state index in [0.29, 0.717) is 12.1 Å². The summed E-state index contributed by atoms with van der Waals surface area (Å²) in [5.41, 5.74) is 0. The van der Waals surface area contributed by atoms with E-state index >= 15 is 0 Å². The second-order valence-corrected chi connectivity index (χ2v) is 3.52. The zero-order valence-electron chi connectivity index (χ0n) is 8.92. The Morgan fingerprint density at radius 1 is 1.25 bits per heavy atom. The van der Waals surface area contributed by atoms with Gasteiger partial charge >= 0.3 is 0 Å². The average molecular weight is 174 g/mol. The minimum atomic E-state index is 0.305. The fourth-order valence-corrected chi connectivity index (χ4v) is 0.761. The molecule has 74 valence electrons. The summed E-state index contributed by atoms with van der Waals surface area (Å²) in [7, 11) is 5.92. The van der Waals surface area contributed by atoms with E-state index in [1.807, 2.05) is 0 Å². The smallest absolute Gasteiger partial charge is 0.0667 e. The average Bonchev–Trinajstić information content (AvgIpc) is 2.03. The van der Waals surface area contributed by atoms with Crippen LogP contribution in [-0.2, 0) is 4.74 Å². The Balaban J connectivity index is 3.30. The third-order valence-corrected chi connectivity index (χ3v) is 2.16. The molecular formula is C9H22N2O. The van der Waals surface area contributed by atoms with E-state index in [2.05, 4.69) is 38.2 Å². The largest absolute Gasteiger partial charge is 0.380 e. The van der Waals surface area contributed by atoms with E-state index in [0.717, 1.165) is 13.1 Å². The lowest BCUT2D eigenvalue weighted by atomic mass is 10.3. The molecule has 0 fully saturated rings. The van der Waals surface area contributed by atoms with Gasteiger partial charge in [-0.1, -0.05) is 0 Å². The summed E-state index contributed by atoms with van der Waals surface area (Å²) in [6.45, 7) is 6.20. The monoisotopic (exact) mass is 174 g/mol. The Labute approximate surface area is 76.1 Å². The van der Waals surface area contributed by atoms with E-state index in [9.17, 15) is 0 Å². The molecule has 0 aromatic rings. The SMILES string of the molecule is COC(C)CNCC(C)N(C)C. The fraction of sp³-hybridized carbons (Fsp3) is 1.00. The number of hydrogen-bond donors (Lipinski definition) is 1. The van der Waals surface area contributed by atoms with E-state index < -0.39 is 0 Å². The van der Waals surface area contributed by atoms with Crippen LogP contribution in [0.1, 0.15) is 13.8 Å². The van der Waals surface area contributed by atoms with Gasteiger partial charge in [0.15, 0.2) is 0 Å². The first-order chi connectivity index (χ1) is 5.57. The summed E-state index contributed by atoms with van der Waals surface area (Å²) in [4.78, 5) is 2.20. The highest BCUT2D eigenvalue weighted by molar-refractivity contribution is 4.64. The van der Waals surface area contributed by atoms with Gasteiger partial charge in [-0.05, 0) is 27.9 Å². The predicted molar refractivity (Wildman–Crippen MR) is 52.5 cm³/mol. The van der Waals surface area contributed by atoms with Crippen molar-refractivity contribution in [2.24, 2.45) is 0 Å². The fourth-order valence-electron chi connectivity index (χ4n) is 0.761. The van der Waals surface area contributed by atoms with Gasteiger partial charge in [0.1, 0.15) is 0 Å². The molecule has 3 nitrogen and oxygen atoms in total. The van der Waals surface area contributed by atoms with Gasteiger partial charge in [-0.15, -0.1) is 0 Å². The van der Waals surface area contributed by atoms with Gasteiger partial charge in [0.25, 0.3) is 0 Å². The van der Waals surface area contributed by atoms with Crippen molar-refractivity contribution in [1.82, 2.24) is 10.2 Å². The maximum absolute atomic E-state index is 5.12. The molecule has 1 N–H and O–H groups in total. The minimum Gasteiger partial charge on any atom is -0.380 e. The lowest BCUT2D eigenvalue weighted by Gasteiger charge is -2.21. The Kier molecular flexibility index (Phi) is 6.34. The summed E-state index contributed by atoms with van der Waals surface area (Å²) in [5, 5.41) is 3.35. The highest BCUT2D eigenvalue weighted by Crippen LogP contribution is 1.89. The summed E-state index contributed by atoms with van der Waals surface area (Å²) in [6.07, 6.45) is 0.305. The lowest BCUT2D eigenvalue weighted by Crippen LogP contribution is -2.38.